The van der Waals surface area contributed by atoms with Crippen molar-refractivity contribution in [2.75, 3.05) is 7.11 Å². The predicted molar refractivity (Wildman–Crippen MR) is 56.8 cm³/mol. The Labute approximate surface area is 91.3 Å². The molecule has 2 rings (SSSR count). The number of amides is 1. The molecule has 4 heteroatoms. The molecule has 0 saturated carbocycles. The van der Waals surface area contributed by atoms with Gasteiger partial charge in [0.25, 0.3) is 0 Å². The maximum atomic E-state index is 11.2. The first kappa shape index (κ1) is 9.77. The Hall–Kier alpha value is -0.770. The van der Waals surface area contributed by atoms with E-state index in [-0.39, 0.29) is 11.9 Å². The summed E-state index contributed by atoms with van der Waals surface area (Å²) in [5, 5.41) is 2.94. The van der Waals surface area contributed by atoms with Gasteiger partial charge in [-0.2, -0.15) is 0 Å². The molecule has 0 bridgehead atoms. The van der Waals surface area contributed by atoms with E-state index in [1.807, 2.05) is 6.08 Å². The molecule has 0 aromatic carbocycles. The highest BCUT2D eigenvalue weighted by molar-refractivity contribution is 9.11. The molecule has 1 N–H and O–H groups in total. The van der Waals surface area contributed by atoms with Crippen LogP contribution in [0.25, 0.3) is 0 Å². The van der Waals surface area contributed by atoms with Crippen LogP contribution in [0.5, 0.6) is 0 Å². The van der Waals surface area contributed by atoms with Crippen LogP contribution in [-0.2, 0) is 9.53 Å². The fourth-order valence-corrected chi connectivity index (χ4v) is 2.51. The van der Waals surface area contributed by atoms with E-state index in [2.05, 4.69) is 27.3 Å². The average molecular weight is 258 g/mol. The molecule has 1 aliphatic carbocycles. The third-order valence-corrected chi connectivity index (χ3v) is 3.30. The molecular formula is C10H12BrNO2. The van der Waals surface area contributed by atoms with E-state index >= 15 is 0 Å². The zero-order chi connectivity index (χ0) is 10.1. The van der Waals surface area contributed by atoms with Crippen molar-refractivity contribution in [1.82, 2.24) is 5.32 Å². The van der Waals surface area contributed by atoms with Gasteiger partial charge < -0.3 is 10.1 Å². The van der Waals surface area contributed by atoms with E-state index < -0.39 is 0 Å². The molecule has 2 unspecified atom stereocenters. The molecule has 1 aliphatic heterocycles. The Morgan fingerprint density at radius 2 is 2.36 bits per heavy atom. The minimum absolute atomic E-state index is 0.104. The number of halogens is 1. The minimum Gasteiger partial charge on any atom is -0.496 e. The van der Waals surface area contributed by atoms with E-state index in [1.54, 1.807) is 7.11 Å². The number of rotatable bonds is 1. The third-order valence-electron chi connectivity index (χ3n) is 2.64. The lowest BCUT2D eigenvalue weighted by atomic mass is 9.87. The second-order valence-electron chi connectivity index (χ2n) is 3.55. The van der Waals surface area contributed by atoms with E-state index in [9.17, 15) is 4.79 Å². The fraction of sp³-hybridized carbons (Fsp3) is 0.500. The highest BCUT2D eigenvalue weighted by Gasteiger charge is 2.29. The van der Waals surface area contributed by atoms with Crippen LogP contribution in [0.1, 0.15) is 12.8 Å². The Kier molecular flexibility index (Phi) is 2.63. The normalized spacial score (nSPS) is 31.1. The summed E-state index contributed by atoms with van der Waals surface area (Å²) in [5.74, 6) is 1.33. The minimum atomic E-state index is 0.104. The number of fused-ring (bicyclic) bond motifs is 1. The molecule has 2 aliphatic rings. The van der Waals surface area contributed by atoms with Gasteiger partial charge in [-0.25, -0.2) is 0 Å². The van der Waals surface area contributed by atoms with E-state index in [0.717, 1.165) is 16.7 Å². The van der Waals surface area contributed by atoms with Crippen molar-refractivity contribution in [3.63, 3.8) is 0 Å². The molecular weight excluding hydrogens is 246 g/mol. The topological polar surface area (TPSA) is 38.3 Å². The van der Waals surface area contributed by atoms with Crippen LogP contribution >= 0.6 is 15.9 Å². The zero-order valence-corrected chi connectivity index (χ0v) is 9.50. The second-order valence-corrected chi connectivity index (χ2v) is 4.40. The largest absolute Gasteiger partial charge is 0.496 e. The monoisotopic (exact) mass is 257 g/mol. The molecule has 2 atom stereocenters. The number of methoxy groups -OCH3 is 1. The van der Waals surface area contributed by atoms with Gasteiger partial charge in [-0.3, -0.25) is 4.79 Å². The smallest absolute Gasteiger partial charge is 0.220 e. The first-order chi connectivity index (χ1) is 6.70. The zero-order valence-electron chi connectivity index (χ0n) is 7.92. The van der Waals surface area contributed by atoms with Gasteiger partial charge in [0.1, 0.15) is 5.76 Å². The molecule has 1 heterocycles. The summed E-state index contributed by atoms with van der Waals surface area (Å²) in [6.07, 6.45) is 5.61. The summed E-state index contributed by atoms with van der Waals surface area (Å²) in [4.78, 5) is 11.2. The highest BCUT2D eigenvalue weighted by Crippen LogP contribution is 2.31. The highest BCUT2D eigenvalue weighted by atomic mass is 79.9. The Balaban J connectivity index is 2.21. The third kappa shape index (κ3) is 1.71. The first-order valence-electron chi connectivity index (χ1n) is 4.63. The number of hydrogen-bond donors (Lipinski definition) is 1. The molecule has 1 fully saturated rings. The summed E-state index contributed by atoms with van der Waals surface area (Å²) in [6, 6.07) is 0.104. The molecule has 0 spiro atoms. The number of ether oxygens (including phenoxy) is 1. The van der Waals surface area contributed by atoms with Gasteiger partial charge in [0, 0.05) is 12.3 Å². The number of allylic oxidation sites excluding steroid dienone is 1. The van der Waals surface area contributed by atoms with Crippen LogP contribution in [-0.4, -0.2) is 19.1 Å². The maximum Gasteiger partial charge on any atom is 0.220 e. The van der Waals surface area contributed by atoms with Crippen LogP contribution in [0.2, 0.25) is 0 Å². The average Bonchev–Trinajstić information content (AvgIpc) is 2.17. The van der Waals surface area contributed by atoms with Gasteiger partial charge in [0.05, 0.1) is 17.6 Å². The van der Waals surface area contributed by atoms with Crippen LogP contribution in [0.15, 0.2) is 22.4 Å². The Morgan fingerprint density at radius 3 is 3.07 bits per heavy atom. The second kappa shape index (κ2) is 3.77. The summed E-state index contributed by atoms with van der Waals surface area (Å²) in [7, 11) is 1.63. The summed E-state index contributed by atoms with van der Waals surface area (Å²) in [5.41, 5.74) is 0. The maximum absolute atomic E-state index is 11.2. The molecule has 0 radical (unpaired) electrons. The number of hydrogen-bond acceptors (Lipinski definition) is 2. The van der Waals surface area contributed by atoms with Crippen molar-refractivity contribution in [3.05, 3.63) is 22.4 Å². The van der Waals surface area contributed by atoms with Crippen molar-refractivity contribution in [3.8, 4) is 0 Å². The van der Waals surface area contributed by atoms with Gasteiger partial charge in [-0.15, -0.1) is 0 Å². The SMILES string of the molecule is COC1=CC2NC(=O)CCC2C=C1Br. The van der Waals surface area contributed by atoms with Crippen LogP contribution < -0.4 is 5.32 Å². The molecule has 1 saturated heterocycles. The predicted octanol–water partition coefficient (Wildman–Crippen LogP) is 1.70. The molecule has 1 amide bonds. The van der Waals surface area contributed by atoms with E-state index in [1.165, 1.54) is 0 Å². The molecule has 0 aromatic rings. The molecule has 14 heavy (non-hydrogen) atoms. The lowest BCUT2D eigenvalue weighted by molar-refractivity contribution is -0.123. The molecule has 76 valence electrons. The van der Waals surface area contributed by atoms with Crippen molar-refractivity contribution in [2.45, 2.75) is 18.9 Å². The Bertz CT molecular complexity index is 322. The van der Waals surface area contributed by atoms with E-state index in [4.69, 9.17) is 4.74 Å². The fourth-order valence-electron chi connectivity index (χ4n) is 1.87. The van der Waals surface area contributed by atoms with Gasteiger partial charge >= 0.3 is 0 Å². The first-order valence-corrected chi connectivity index (χ1v) is 5.43. The standard InChI is InChI=1S/C10H12BrNO2/c1-14-9-5-8-6(4-7(9)11)2-3-10(13)12-8/h4-6,8H,2-3H2,1H3,(H,12,13). The van der Waals surface area contributed by atoms with Crippen LogP contribution in [0, 0.1) is 5.92 Å². The van der Waals surface area contributed by atoms with Crippen LogP contribution in [0.4, 0.5) is 0 Å². The number of piperidine rings is 1. The van der Waals surface area contributed by atoms with Gasteiger partial charge in [0.15, 0.2) is 0 Å². The summed E-state index contributed by atoms with van der Waals surface area (Å²) in [6.45, 7) is 0. The summed E-state index contributed by atoms with van der Waals surface area (Å²) < 4.78 is 6.17. The molecule has 3 nitrogen and oxygen atoms in total. The Morgan fingerprint density at radius 1 is 1.57 bits per heavy atom. The lowest BCUT2D eigenvalue weighted by Gasteiger charge is -2.31. The molecule has 0 aromatic heterocycles. The number of carbonyl (C=O) groups is 1. The summed E-state index contributed by atoms with van der Waals surface area (Å²) >= 11 is 3.45. The number of nitrogens with one attached hydrogen (secondary N) is 1. The lowest BCUT2D eigenvalue weighted by Crippen LogP contribution is -2.44. The van der Waals surface area contributed by atoms with E-state index in [0.29, 0.717) is 12.3 Å². The van der Waals surface area contributed by atoms with Crippen LogP contribution in [0.3, 0.4) is 0 Å². The van der Waals surface area contributed by atoms with Crippen molar-refractivity contribution in [1.29, 1.82) is 0 Å². The van der Waals surface area contributed by atoms with Gasteiger partial charge in [0.2, 0.25) is 5.91 Å². The van der Waals surface area contributed by atoms with Crippen molar-refractivity contribution < 1.29 is 9.53 Å². The van der Waals surface area contributed by atoms with Crippen molar-refractivity contribution >= 4 is 21.8 Å². The van der Waals surface area contributed by atoms with Gasteiger partial charge in [-0.05, 0) is 28.4 Å². The number of carbonyl (C=O) groups excluding carboxylic acids is 1. The van der Waals surface area contributed by atoms with Gasteiger partial charge in [-0.1, -0.05) is 6.08 Å². The van der Waals surface area contributed by atoms with Crippen molar-refractivity contribution in [2.24, 2.45) is 5.92 Å². The quantitative estimate of drug-likeness (QED) is 0.777.